The lowest BCUT2D eigenvalue weighted by Crippen LogP contribution is -2.19. The van der Waals surface area contributed by atoms with Crippen LogP contribution < -0.4 is 5.32 Å². The van der Waals surface area contributed by atoms with E-state index in [1.807, 2.05) is 0 Å². The van der Waals surface area contributed by atoms with Gasteiger partial charge in [-0.05, 0) is 31.4 Å². The molecular weight excluding hydrogens is 198 g/mol. The molecule has 3 nitrogen and oxygen atoms in total. The van der Waals surface area contributed by atoms with E-state index in [0.29, 0.717) is 5.41 Å². The summed E-state index contributed by atoms with van der Waals surface area (Å²) in [6.07, 6.45) is 1.31. The van der Waals surface area contributed by atoms with E-state index < -0.39 is 0 Å². The van der Waals surface area contributed by atoms with Crippen molar-refractivity contribution in [1.29, 1.82) is 0 Å². The van der Waals surface area contributed by atoms with Crippen LogP contribution >= 0.6 is 0 Å². The molecule has 2 aromatic rings. The maximum atomic E-state index is 4.59. The molecule has 2 heterocycles. The molecule has 0 amide bonds. The van der Waals surface area contributed by atoms with Gasteiger partial charge in [0.1, 0.15) is 0 Å². The van der Waals surface area contributed by atoms with Gasteiger partial charge in [0, 0.05) is 17.3 Å². The molecule has 4 rings (SSSR count). The van der Waals surface area contributed by atoms with Gasteiger partial charge in [-0.2, -0.15) is 5.10 Å². The summed E-state index contributed by atoms with van der Waals surface area (Å²) in [7, 11) is 0. The first-order chi connectivity index (χ1) is 7.81. The fraction of sp³-hybridized carbons (Fsp3) is 0.462. The van der Waals surface area contributed by atoms with E-state index in [1.165, 1.54) is 35.1 Å². The lowest BCUT2D eigenvalue weighted by molar-refractivity contribution is 0.658. The predicted octanol–water partition coefficient (Wildman–Crippen LogP) is 1.73. The highest BCUT2D eigenvalue weighted by Gasteiger charge is 2.60. The van der Waals surface area contributed by atoms with E-state index in [1.54, 1.807) is 0 Å². The third-order valence-electron chi connectivity index (χ3n) is 4.34. The summed E-state index contributed by atoms with van der Waals surface area (Å²) in [4.78, 5) is 0. The summed E-state index contributed by atoms with van der Waals surface area (Å²) in [5.74, 6) is 0.819. The molecule has 2 fully saturated rings. The standard InChI is InChI=1S/C13H15N3/c1-8-3-2-4-10-11(8)15-16-12(10)13-5-9(13)6-14-7-13/h2-4,9,14H,5-7H2,1H3,(H,15,16). The number of hydrogen-bond acceptors (Lipinski definition) is 2. The summed E-state index contributed by atoms with van der Waals surface area (Å²) in [5.41, 5.74) is 4.15. The highest BCUT2D eigenvalue weighted by atomic mass is 15.1. The largest absolute Gasteiger partial charge is 0.315 e. The number of rotatable bonds is 1. The zero-order valence-corrected chi connectivity index (χ0v) is 9.38. The van der Waals surface area contributed by atoms with Gasteiger partial charge in [0.05, 0.1) is 11.2 Å². The Morgan fingerprint density at radius 3 is 3.12 bits per heavy atom. The normalized spacial score (nSPS) is 31.9. The fourth-order valence-corrected chi connectivity index (χ4v) is 3.27. The van der Waals surface area contributed by atoms with Crippen LogP contribution in [0.5, 0.6) is 0 Å². The van der Waals surface area contributed by atoms with Crippen molar-refractivity contribution in [3.8, 4) is 0 Å². The number of hydrogen-bond donors (Lipinski definition) is 2. The molecule has 2 aliphatic rings. The Kier molecular flexibility index (Phi) is 1.46. The van der Waals surface area contributed by atoms with Crippen molar-refractivity contribution < 1.29 is 0 Å². The molecule has 82 valence electrons. The number of piperidine rings is 1. The Hall–Kier alpha value is -1.35. The fourth-order valence-electron chi connectivity index (χ4n) is 3.27. The van der Waals surface area contributed by atoms with Crippen LogP contribution in [0.2, 0.25) is 0 Å². The monoisotopic (exact) mass is 213 g/mol. The Morgan fingerprint density at radius 2 is 2.38 bits per heavy atom. The van der Waals surface area contributed by atoms with Crippen molar-refractivity contribution in [2.45, 2.75) is 18.8 Å². The summed E-state index contributed by atoms with van der Waals surface area (Å²) in [6.45, 7) is 4.41. The molecule has 1 aromatic heterocycles. The van der Waals surface area contributed by atoms with Crippen LogP contribution in [0.25, 0.3) is 10.9 Å². The van der Waals surface area contributed by atoms with Crippen molar-refractivity contribution in [3.63, 3.8) is 0 Å². The van der Waals surface area contributed by atoms with Gasteiger partial charge >= 0.3 is 0 Å². The highest BCUT2D eigenvalue weighted by Crippen LogP contribution is 2.57. The number of H-pyrrole nitrogens is 1. The van der Waals surface area contributed by atoms with E-state index in [9.17, 15) is 0 Å². The van der Waals surface area contributed by atoms with E-state index in [2.05, 4.69) is 40.6 Å². The van der Waals surface area contributed by atoms with Crippen LogP contribution in [0.4, 0.5) is 0 Å². The predicted molar refractivity (Wildman–Crippen MR) is 63.5 cm³/mol. The maximum absolute atomic E-state index is 4.59. The van der Waals surface area contributed by atoms with E-state index in [0.717, 1.165) is 12.5 Å². The summed E-state index contributed by atoms with van der Waals surface area (Å²) < 4.78 is 0. The second kappa shape index (κ2) is 2.66. The van der Waals surface area contributed by atoms with Crippen LogP contribution in [-0.4, -0.2) is 23.3 Å². The third-order valence-corrected chi connectivity index (χ3v) is 4.34. The number of aromatic nitrogens is 2. The van der Waals surface area contributed by atoms with Gasteiger partial charge in [0.25, 0.3) is 0 Å². The molecule has 1 saturated heterocycles. The van der Waals surface area contributed by atoms with Gasteiger partial charge < -0.3 is 5.32 Å². The molecule has 2 N–H and O–H groups in total. The first kappa shape index (κ1) is 8.76. The molecule has 2 atom stereocenters. The number of aromatic amines is 1. The Morgan fingerprint density at radius 1 is 1.44 bits per heavy atom. The maximum Gasteiger partial charge on any atom is 0.0778 e. The molecule has 1 aromatic carbocycles. The molecule has 0 radical (unpaired) electrons. The molecule has 16 heavy (non-hydrogen) atoms. The zero-order valence-electron chi connectivity index (χ0n) is 9.38. The van der Waals surface area contributed by atoms with Crippen molar-refractivity contribution in [3.05, 3.63) is 29.5 Å². The number of nitrogens with zero attached hydrogens (tertiary/aromatic N) is 1. The Labute approximate surface area is 94.2 Å². The van der Waals surface area contributed by atoms with Crippen molar-refractivity contribution in [1.82, 2.24) is 15.5 Å². The van der Waals surface area contributed by atoms with Crippen LogP contribution in [-0.2, 0) is 5.41 Å². The molecule has 1 aliphatic carbocycles. The van der Waals surface area contributed by atoms with Gasteiger partial charge in [-0.1, -0.05) is 18.2 Å². The van der Waals surface area contributed by atoms with E-state index >= 15 is 0 Å². The minimum absolute atomic E-state index is 0.353. The number of benzene rings is 1. The topological polar surface area (TPSA) is 40.7 Å². The van der Waals surface area contributed by atoms with E-state index in [4.69, 9.17) is 0 Å². The number of nitrogens with one attached hydrogen (secondary N) is 2. The first-order valence-electron chi connectivity index (χ1n) is 5.96. The van der Waals surface area contributed by atoms with Crippen LogP contribution in [0.15, 0.2) is 18.2 Å². The SMILES string of the molecule is Cc1cccc2c(C34CNCC3C4)n[nH]c12. The average Bonchev–Trinajstić information content (AvgIpc) is 2.70. The van der Waals surface area contributed by atoms with Gasteiger partial charge in [-0.15, -0.1) is 0 Å². The number of para-hydroxylation sites is 1. The Balaban J connectivity index is 1.96. The van der Waals surface area contributed by atoms with Crippen molar-refractivity contribution in [2.75, 3.05) is 13.1 Å². The lowest BCUT2D eigenvalue weighted by atomic mass is 9.97. The highest BCUT2D eigenvalue weighted by molar-refractivity contribution is 5.85. The molecule has 1 aliphatic heterocycles. The molecule has 0 bridgehead atoms. The molecular formula is C13H15N3. The Bertz CT molecular complexity index is 572. The van der Waals surface area contributed by atoms with Crippen LogP contribution in [0, 0.1) is 12.8 Å². The molecule has 3 heteroatoms. The van der Waals surface area contributed by atoms with Gasteiger partial charge in [0.2, 0.25) is 0 Å². The molecule has 2 unspecified atom stereocenters. The van der Waals surface area contributed by atoms with Crippen molar-refractivity contribution >= 4 is 10.9 Å². The number of aryl methyl sites for hydroxylation is 1. The molecule has 1 saturated carbocycles. The molecule has 0 spiro atoms. The summed E-state index contributed by atoms with van der Waals surface area (Å²) in [5, 5.41) is 12.6. The van der Waals surface area contributed by atoms with Crippen LogP contribution in [0.1, 0.15) is 17.7 Å². The first-order valence-corrected chi connectivity index (χ1v) is 5.96. The second-order valence-electron chi connectivity index (χ2n) is 5.26. The van der Waals surface area contributed by atoms with E-state index in [-0.39, 0.29) is 0 Å². The minimum atomic E-state index is 0.353. The lowest BCUT2D eigenvalue weighted by Gasteiger charge is -2.08. The minimum Gasteiger partial charge on any atom is -0.315 e. The van der Waals surface area contributed by atoms with Gasteiger partial charge in [-0.3, -0.25) is 5.10 Å². The quantitative estimate of drug-likeness (QED) is 0.757. The van der Waals surface area contributed by atoms with Crippen LogP contribution in [0.3, 0.4) is 0 Å². The van der Waals surface area contributed by atoms with Gasteiger partial charge in [0.15, 0.2) is 0 Å². The summed E-state index contributed by atoms with van der Waals surface area (Å²) in [6, 6.07) is 6.47. The zero-order chi connectivity index (χ0) is 10.8. The average molecular weight is 213 g/mol. The number of fused-ring (bicyclic) bond motifs is 2. The van der Waals surface area contributed by atoms with Crippen molar-refractivity contribution in [2.24, 2.45) is 5.92 Å². The smallest absolute Gasteiger partial charge is 0.0778 e. The second-order valence-corrected chi connectivity index (χ2v) is 5.26. The van der Waals surface area contributed by atoms with Gasteiger partial charge in [-0.25, -0.2) is 0 Å². The third kappa shape index (κ3) is 0.901. The summed E-state index contributed by atoms with van der Waals surface area (Å²) >= 11 is 0.